The zero-order chi connectivity index (χ0) is 16.7. The average Bonchev–Trinajstić information content (AvgIpc) is 2.80. The molecule has 1 fully saturated rings. The lowest BCUT2D eigenvalue weighted by molar-refractivity contribution is -0.143. The zero-order valence-electron chi connectivity index (χ0n) is 12.3. The molecule has 1 aromatic heterocycles. The molecule has 0 aliphatic carbocycles. The van der Waals surface area contributed by atoms with Crippen LogP contribution in [0.1, 0.15) is 35.0 Å². The molecule has 1 aliphatic heterocycles. The fourth-order valence-corrected chi connectivity index (χ4v) is 4.44. The molecule has 2 heterocycles. The summed E-state index contributed by atoms with van der Waals surface area (Å²) in [7, 11) is -3.85. The summed E-state index contributed by atoms with van der Waals surface area (Å²) in [5.41, 5.74) is 0.531. The second-order valence-corrected chi connectivity index (χ2v) is 8.38. The molecule has 1 amide bonds. The number of hydrogen-bond acceptors (Lipinski definition) is 5. The number of aryl methyl sites for hydroxylation is 1. The largest absolute Gasteiger partial charge is 0.481 e. The second kappa shape index (κ2) is 5.98. The summed E-state index contributed by atoms with van der Waals surface area (Å²) in [4.78, 5) is 25.6. The first-order valence-electron chi connectivity index (χ1n) is 6.78. The van der Waals surface area contributed by atoms with Crippen LogP contribution in [0.3, 0.4) is 0 Å². The highest BCUT2D eigenvalue weighted by atomic mass is 32.2. The first-order valence-corrected chi connectivity index (χ1v) is 9.14. The average molecular weight is 346 g/mol. The molecule has 2 atom stereocenters. The van der Waals surface area contributed by atoms with Gasteiger partial charge in [0.25, 0.3) is 5.91 Å². The molecule has 2 unspecified atom stereocenters. The third-order valence-electron chi connectivity index (χ3n) is 3.86. The van der Waals surface area contributed by atoms with Crippen LogP contribution in [0.2, 0.25) is 0 Å². The molecule has 0 aromatic carbocycles. The smallest absolute Gasteiger partial charge is 0.308 e. The Kier molecular flexibility index (Phi) is 4.59. The van der Waals surface area contributed by atoms with E-state index in [1.54, 1.807) is 6.92 Å². The van der Waals surface area contributed by atoms with Gasteiger partial charge >= 0.3 is 5.97 Å². The third-order valence-corrected chi connectivity index (χ3v) is 6.51. The SMILES string of the molecule is Cc1cc(S(N)(=O)=O)sc1C(=O)N1CC(C(=O)O)CCC1C. The second-order valence-electron chi connectivity index (χ2n) is 5.54. The Morgan fingerprint density at radius 2 is 2.05 bits per heavy atom. The van der Waals surface area contributed by atoms with Crippen molar-refractivity contribution in [2.45, 2.75) is 36.9 Å². The van der Waals surface area contributed by atoms with Gasteiger partial charge < -0.3 is 10.0 Å². The summed E-state index contributed by atoms with van der Waals surface area (Å²) >= 11 is 0.828. The molecule has 2 rings (SSSR count). The number of carboxylic acids is 1. The minimum atomic E-state index is -3.85. The monoisotopic (exact) mass is 346 g/mol. The van der Waals surface area contributed by atoms with Crippen molar-refractivity contribution in [3.8, 4) is 0 Å². The zero-order valence-corrected chi connectivity index (χ0v) is 13.9. The van der Waals surface area contributed by atoms with Crippen LogP contribution in [0.4, 0.5) is 0 Å². The van der Waals surface area contributed by atoms with Crippen LogP contribution >= 0.6 is 11.3 Å². The number of nitrogens with two attached hydrogens (primary N) is 1. The van der Waals surface area contributed by atoms with Gasteiger partial charge in [0.15, 0.2) is 0 Å². The number of primary sulfonamides is 1. The fraction of sp³-hybridized carbons (Fsp3) is 0.538. The third kappa shape index (κ3) is 3.31. The van der Waals surface area contributed by atoms with E-state index in [0.29, 0.717) is 23.3 Å². The molecule has 1 saturated heterocycles. The Hall–Kier alpha value is -1.45. The van der Waals surface area contributed by atoms with E-state index in [9.17, 15) is 18.0 Å². The summed E-state index contributed by atoms with van der Waals surface area (Å²) in [5, 5.41) is 14.2. The number of thiophene rings is 1. The van der Waals surface area contributed by atoms with E-state index in [-0.39, 0.29) is 22.7 Å². The number of carboxylic acid groups (broad SMARTS) is 1. The molecule has 7 nitrogen and oxygen atoms in total. The number of amides is 1. The molecule has 22 heavy (non-hydrogen) atoms. The van der Waals surface area contributed by atoms with Gasteiger partial charge in [-0.1, -0.05) is 0 Å². The number of hydrogen-bond donors (Lipinski definition) is 2. The topological polar surface area (TPSA) is 118 Å². The van der Waals surface area contributed by atoms with Gasteiger partial charge in [0.05, 0.1) is 10.8 Å². The summed E-state index contributed by atoms with van der Waals surface area (Å²) in [6.07, 6.45) is 1.14. The van der Waals surface area contributed by atoms with Crippen LogP contribution in [0, 0.1) is 12.8 Å². The lowest BCUT2D eigenvalue weighted by Crippen LogP contribution is -2.47. The normalized spacial score (nSPS) is 22.6. The van der Waals surface area contributed by atoms with Crippen LogP contribution in [-0.4, -0.2) is 42.9 Å². The summed E-state index contributed by atoms with van der Waals surface area (Å²) < 4.78 is 22.7. The summed E-state index contributed by atoms with van der Waals surface area (Å²) in [5.74, 6) is -1.84. The molecule has 1 aliphatic rings. The van der Waals surface area contributed by atoms with Crippen molar-refractivity contribution in [3.05, 3.63) is 16.5 Å². The number of carbonyl (C=O) groups is 2. The number of likely N-dealkylation sites (tertiary alicyclic amines) is 1. The Balaban J connectivity index is 2.30. The Morgan fingerprint density at radius 1 is 1.41 bits per heavy atom. The van der Waals surface area contributed by atoms with Gasteiger partial charge in [-0.25, -0.2) is 13.6 Å². The molecule has 0 bridgehead atoms. The van der Waals surface area contributed by atoms with Crippen LogP contribution < -0.4 is 5.14 Å². The number of nitrogens with zero attached hydrogens (tertiary/aromatic N) is 1. The lowest BCUT2D eigenvalue weighted by atomic mass is 9.93. The van der Waals surface area contributed by atoms with E-state index in [1.807, 2.05) is 6.92 Å². The minimum Gasteiger partial charge on any atom is -0.481 e. The van der Waals surface area contributed by atoms with Crippen molar-refractivity contribution in [2.75, 3.05) is 6.54 Å². The molecule has 9 heteroatoms. The molecular formula is C13H18N2O5S2. The number of aliphatic carboxylic acids is 1. The van der Waals surface area contributed by atoms with Gasteiger partial charge in [-0.2, -0.15) is 0 Å². The molecule has 1 aromatic rings. The van der Waals surface area contributed by atoms with Gasteiger partial charge in [-0.05, 0) is 38.3 Å². The van der Waals surface area contributed by atoms with Gasteiger partial charge in [-0.15, -0.1) is 11.3 Å². The van der Waals surface area contributed by atoms with Crippen LogP contribution in [0.25, 0.3) is 0 Å². The van der Waals surface area contributed by atoms with Crippen molar-refractivity contribution < 1.29 is 23.1 Å². The van der Waals surface area contributed by atoms with Gasteiger partial charge in [-0.3, -0.25) is 9.59 Å². The van der Waals surface area contributed by atoms with Crippen molar-refractivity contribution in [1.82, 2.24) is 4.90 Å². The van der Waals surface area contributed by atoms with E-state index in [0.717, 1.165) is 11.3 Å². The Labute approximate surface area is 132 Å². The van der Waals surface area contributed by atoms with E-state index in [4.69, 9.17) is 10.2 Å². The van der Waals surface area contributed by atoms with Crippen LogP contribution in [0.15, 0.2) is 10.3 Å². The van der Waals surface area contributed by atoms with Gasteiger partial charge in [0.2, 0.25) is 10.0 Å². The van der Waals surface area contributed by atoms with Crippen LogP contribution in [0.5, 0.6) is 0 Å². The predicted molar refractivity (Wildman–Crippen MR) is 81.3 cm³/mol. The molecule has 0 radical (unpaired) electrons. The quantitative estimate of drug-likeness (QED) is 0.847. The van der Waals surface area contributed by atoms with E-state index in [2.05, 4.69) is 0 Å². The van der Waals surface area contributed by atoms with E-state index >= 15 is 0 Å². The highest BCUT2D eigenvalue weighted by Gasteiger charge is 2.34. The molecular weight excluding hydrogens is 328 g/mol. The van der Waals surface area contributed by atoms with E-state index in [1.165, 1.54) is 11.0 Å². The molecule has 3 N–H and O–H groups in total. The minimum absolute atomic E-state index is 0.0622. The Morgan fingerprint density at radius 3 is 2.55 bits per heavy atom. The van der Waals surface area contributed by atoms with Crippen molar-refractivity contribution in [2.24, 2.45) is 11.1 Å². The maximum absolute atomic E-state index is 12.6. The van der Waals surface area contributed by atoms with Crippen molar-refractivity contribution >= 4 is 33.2 Å². The van der Waals surface area contributed by atoms with Gasteiger partial charge in [0, 0.05) is 12.6 Å². The first kappa shape index (κ1) is 16.9. The first-order chi connectivity index (χ1) is 10.1. The Bertz CT molecular complexity index is 710. The molecule has 122 valence electrons. The highest BCUT2D eigenvalue weighted by Crippen LogP contribution is 2.30. The maximum atomic E-state index is 12.6. The number of carbonyl (C=O) groups excluding carboxylic acids is 1. The predicted octanol–water partition coefficient (Wildman–Crippen LogP) is 1.03. The van der Waals surface area contributed by atoms with Gasteiger partial charge in [0.1, 0.15) is 4.21 Å². The number of rotatable bonds is 3. The fourth-order valence-electron chi connectivity index (χ4n) is 2.53. The standard InChI is InChI=1S/C13H18N2O5S2/c1-7-5-10(22(14,19)20)21-11(7)12(16)15-6-9(13(17)18)4-3-8(15)2/h5,8-9H,3-4,6H2,1-2H3,(H,17,18)(H2,14,19,20). The number of sulfonamides is 1. The summed E-state index contributed by atoms with van der Waals surface area (Å²) in [6, 6.07) is 1.29. The van der Waals surface area contributed by atoms with E-state index < -0.39 is 21.9 Å². The van der Waals surface area contributed by atoms with Crippen molar-refractivity contribution in [1.29, 1.82) is 0 Å². The highest BCUT2D eigenvalue weighted by molar-refractivity contribution is 7.91. The van der Waals surface area contributed by atoms with Crippen molar-refractivity contribution in [3.63, 3.8) is 0 Å². The molecule has 0 spiro atoms. The summed E-state index contributed by atoms with van der Waals surface area (Å²) in [6.45, 7) is 3.64. The number of piperidine rings is 1. The molecule has 0 saturated carbocycles. The maximum Gasteiger partial charge on any atom is 0.308 e. The lowest BCUT2D eigenvalue weighted by Gasteiger charge is -2.36. The van der Waals surface area contributed by atoms with Crippen LogP contribution in [-0.2, 0) is 14.8 Å².